The van der Waals surface area contributed by atoms with Gasteiger partial charge in [-0.3, -0.25) is 0 Å². The lowest BCUT2D eigenvalue weighted by Gasteiger charge is -2.43. The molecule has 0 saturated carbocycles. The van der Waals surface area contributed by atoms with E-state index in [0.717, 1.165) is 6.08 Å². The Kier molecular flexibility index (Phi) is 8.87. The van der Waals surface area contributed by atoms with Crippen LogP contribution >= 0.6 is 0 Å². The second-order valence-corrected chi connectivity index (χ2v) is 6.24. The predicted octanol–water partition coefficient (Wildman–Crippen LogP) is 2.25. The first-order chi connectivity index (χ1) is 11.0. The fraction of sp³-hybridized carbons (Fsp3) is 0.688. The highest BCUT2D eigenvalue weighted by Gasteiger charge is 2.43. The van der Waals surface area contributed by atoms with E-state index in [0.29, 0.717) is 25.7 Å². The van der Waals surface area contributed by atoms with E-state index in [1.54, 1.807) is 13.8 Å². The quantitative estimate of drug-likeness (QED) is 0.256. The number of primary amides is 2. The van der Waals surface area contributed by atoms with Crippen LogP contribution in [0, 0.1) is 5.41 Å². The van der Waals surface area contributed by atoms with Crippen LogP contribution in [0.2, 0.25) is 0 Å². The fourth-order valence-electron chi connectivity index (χ4n) is 2.33. The summed E-state index contributed by atoms with van der Waals surface area (Å²) >= 11 is 0. The molecule has 0 radical (unpaired) electrons. The molecule has 0 aliphatic heterocycles. The lowest BCUT2D eigenvalue weighted by atomic mass is 9.69. The summed E-state index contributed by atoms with van der Waals surface area (Å²) in [6, 6.07) is 0. The molecule has 0 aromatic heterocycles. The van der Waals surface area contributed by atoms with E-state index in [1.807, 2.05) is 6.92 Å². The minimum atomic E-state index is -0.871. The number of amides is 2. The number of carbonyl (C=O) groups is 3. The summed E-state index contributed by atoms with van der Waals surface area (Å²) in [5.41, 5.74) is 8.68. The maximum atomic E-state index is 11.2. The van der Waals surface area contributed by atoms with E-state index in [1.165, 1.54) is 0 Å². The number of esters is 1. The van der Waals surface area contributed by atoms with E-state index in [9.17, 15) is 14.4 Å². The van der Waals surface area contributed by atoms with Gasteiger partial charge in [-0.1, -0.05) is 13.5 Å². The Hall–Kier alpha value is -2.25. The van der Waals surface area contributed by atoms with Gasteiger partial charge in [0.2, 0.25) is 0 Å². The Morgan fingerprint density at radius 2 is 1.58 bits per heavy atom. The van der Waals surface area contributed by atoms with Crippen LogP contribution in [-0.4, -0.2) is 37.0 Å². The average Bonchev–Trinajstić information content (AvgIpc) is 2.44. The van der Waals surface area contributed by atoms with Crippen molar-refractivity contribution in [3.05, 3.63) is 12.7 Å². The minimum absolute atomic E-state index is 0.157. The van der Waals surface area contributed by atoms with Gasteiger partial charge in [0.05, 0.1) is 13.2 Å². The van der Waals surface area contributed by atoms with Crippen LogP contribution in [0.25, 0.3) is 0 Å². The first kappa shape index (κ1) is 21.8. The number of hydrogen-bond donors (Lipinski definition) is 2. The molecule has 8 nitrogen and oxygen atoms in total. The number of unbranched alkanes of at least 4 members (excludes halogenated alkanes) is 1. The molecule has 4 N–H and O–H groups in total. The SMILES string of the molecule is C=CC(=O)OCCC(C)(CCCCOC(N)=O)C(C)(C)OC(N)=O. The highest BCUT2D eigenvalue weighted by atomic mass is 16.6. The highest BCUT2D eigenvalue weighted by molar-refractivity contribution is 5.81. The lowest BCUT2D eigenvalue weighted by Crippen LogP contribution is -2.47. The summed E-state index contributed by atoms with van der Waals surface area (Å²) in [7, 11) is 0. The molecule has 0 aromatic carbocycles. The molecule has 0 rings (SSSR count). The normalized spacial score (nSPS) is 13.5. The second kappa shape index (κ2) is 9.79. The monoisotopic (exact) mass is 344 g/mol. The van der Waals surface area contributed by atoms with Gasteiger partial charge in [-0.05, 0) is 39.5 Å². The van der Waals surface area contributed by atoms with E-state index in [2.05, 4.69) is 11.3 Å². The van der Waals surface area contributed by atoms with Crippen LogP contribution in [0.4, 0.5) is 9.59 Å². The van der Waals surface area contributed by atoms with E-state index >= 15 is 0 Å². The highest BCUT2D eigenvalue weighted by Crippen LogP contribution is 2.42. The summed E-state index contributed by atoms with van der Waals surface area (Å²) in [6.07, 6.45) is 1.81. The Bertz CT molecular complexity index is 463. The van der Waals surface area contributed by atoms with Crippen molar-refractivity contribution in [1.82, 2.24) is 0 Å². The molecule has 2 amide bonds. The molecule has 24 heavy (non-hydrogen) atoms. The van der Waals surface area contributed by atoms with Crippen LogP contribution in [0.5, 0.6) is 0 Å². The zero-order chi connectivity index (χ0) is 18.8. The first-order valence-corrected chi connectivity index (χ1v) is 7.74. The molecule has 8 heteroatoms. The number of nitrogens with two attached hydrogens (primary N) is 2. The molecule has 1 atom stereocenters. The molecular formula is C16H28N2O6. The molecule has 0 aliphatic rings. The maximum Gasteiger partial charge on any atom is 0.405 e. The standard InChI is InChI=1S/C16H28N2O6/c1-5-12(19)22-11-9-16(4,15(2,3)24-14(18)21)8-6-7-10-23-13(17)20/h5H,1,6-11H2,2-4H3,(H2,17,20)(H2,18,21). The molecule has 0 spiro atoms. The van der Waals surface area contributed by atoms with Crippen molar-refractivity contribution in [3.8, 4) is 0 Å². The first-order valence-electron chi connectivity index (χ1n) is 7.74. The van der Waals surface area contributed by atoms with Gasteiger partial charge in [0.1, 0.15) is 5.60 Å². The third-order valence-corrected chi connectivity index (χ3v) is 4.24. The van der Waals surface area contributed by atoms with Gasteiger partial charge in [-0.2, -0.15) is 0 Å². The van der Waals surface area contributed by atoms with Gasteiger partial charge >= 0.3 is 18.2 Å². The van der Waals surface area contributed by atoms with Crippen molar-refractivity contribution in [2.75, 3.05) is 13.2 Å². The zero-order valence-electron chi connectivity index (χ0n) is 14.6. The zero-order valence-corrected chi connectivity index (χ0v) is 14.6. The van der Waals surface area contributed by atoms with Gasteiger partial charge in [0.15, 0.2) is 0 Å². The summed E-state index contributed by atoms with van der Waals surface area (Å²) in [5, 5.41) is 0. The molecule has 0 bridgehead atoms. The largest absolute Gasteiger partial charge is 0.463 e. The number of hydrogen-bond acceptors (Lipinski definition) is 6. The van der Waals surface area contributed by atoms with Crippen molar-refractivity contribution < 1.29 is 28.6 Å². The Balaban J connectivity index is 4.79. The average molecular weight is 344 g/mol. The predicted molar refractivity (Wildman–Crippen MR) is 88.0 cm³/mol. The van der Waals surface area contributed by atoms with Crippen LogP contribution in [0.3, 0.4) is 0 Å². The maximum absolute atomic E-state index is 11.2. The van der Waals surface area contributed by atoms with E-state index in [-0.39, 0.29) is 13.2 Å². The second-order valence-electron chi connectivity index (χ2n) is 6.24. The van der Waals surface area contributed by atoms with Crippen LogP contribution in [-0.2, 0) is 19.0 Å². The lowest BCUT2D eigenvalue weighted by molar-refractivity contribution is -0.140. The van der Waals surface area contributed by atoms with E-state index < -0.39 is 29.2 Å². The molecule has 138 valence electrons. The third kappa shape index (κ3) is 7.85. The Morgan fingerprint density at radius 1 is 0.958 bits per heavy atom. The van der Waals surface area contributed by atoms with Crippen molar-refractivity contribution in [2.24, 2.45) is 16.9 Å². The molecule has 1 unspecified atom stereocenters. The third-order valence-electron chi connectivity index (χ3n) is 4.24. The van der Waals surface area contributed by atoms with Crippen molar-refractivity contribution >= 4 is 18.2 Å². The van der Waals surface area contributed by atoms with Crippen LogP contribution in [0.15, 0.2) is 12.7 Å². The summed E-state index contributed by atoms with van der Waals surface area (Å²) < 4.78 is 15.0. The Morgan fingerprint density at radius 3 is 2.08 bits per heavy atom. The molecule has 0 aliphatic carbocycles. The van der Waals surface area contributed by atoms with Gasteiger partial charge in [-0.15, -0.1) is 0 Å². The fourth-order valence-corrected chi connectivity index (χ4v) is 2.33. The topological polar surface area (TPSA) is 131 Å². The van der Waals surface area contributed by atoms with Gasteiger partial charge in [-0.25, -0.2) is 14.4 Å². The molecule has 0 aromatic rings. The van der Waals surface area contributed by atoms with Crippen LogP contribution in [0.1, 0.15) is 46.5 Å². The number of ether oxygens (including phenoxy) is 3. The van der Waals surface area contributed by atoms with Crippen molar-refractivity contribution in [3.63, 3.8) is 0 Å². The van der Waals surface area contributed by atoms with Gasteiger partial charge in [0, 0.05) is 11.5 Å². The summed E-state index contributed by atoms with van der Waals surface area (Å²) in [6.45, 7) is 9.15. The Labute approximate surface area is 142 Å². The van der Waals surface area contributed by atoms with Crippen molar-refractivity contribution in [2.45, 2.75) is 52.1 Å². The van der Waals surface area contributed by atoms with Gasteiger partial charge in [0.25, 0.3) is 0 Å². The molecular weight excluding hydrogens is 316 g/mol. The van der Waals surface area contributed by atoms with Crippen LogP contribution < -0.4 is 11.5 Å². The number of carbonyl (C=O) groups excluding carboxylic acids is 3. The van der Waals surface area contributed by atoms with Gasteiger partial charge < -0.3 is 25.7 Å². The molecule has 0 saturated heterocycles. The minimum Gasteiger partial charge on any atom is -0.463 e. The summed E-state index contributed by atoms with van der Waals surface area (Å²) in [4.78, 5) is 32.9. The molecule has 0 heterocycles. The van der Waals surface area contributed by atoms with E-state index in [4.69, 9.17) is 20.9 Å². The summed E-state index contributed by atoms with van der Waals surface area (Å²) in [5.74, 6) is -0.513. The van der Waals surface area contributed by atoms with Crippen molar-refractivity contribution in [1.29, 1.82) is 0 Å². The number of rotatable bonds is 11. The smallest absolute Gasteiger partial charge is 0.405 e. The molecule has 0 fully saturated rings.